The fourth-order valence-electron chi connectivity index (χ4n) is 2.48. The van der Waals surface area contributed by atoms with Crippen LogP contribution in [0.4, 0.5) is 5.69 Å². The topological polar surface area (TPSA) is 55.6 Å². The predicted octanol–water partition coefficient (Wildman–Crippen LogP) is 1.40. The number of nitrogens with zero attached hydrogens (tertiary/aromatic N) is 1. The molecule has 0 amide bonds. The zero-order valence-corrected chi connectivity index (χ0v) is 10.7. The Labute approximate surface area is 108 Å². The van der Waals surface area contributed by atoms with E-state index in [1.165, 1.54) is 12.8 Å². The molecule has 4 nitrogen and oxygen atoms in total. The van der Waals surface area contributed by atoms with Gasteiger partial charge in [0.15, 0.2) is 0 Å². The highest BCUT2D eigenvalue weighted by Crippen LogP contribution is 2.24. The molecule has 98 valence electrons. The lowest BCUT2D eigenvalue weighted by molar-refractivity contribution is -0.143. The van der Waals surface area contributed by atoms with Gasteiger partial charge in [0.2, 0.25) is 0 Å². The van der Waals surface area contributed by atoms with Crippen LogP contribution < -0.4 is 10.6 Å². The third-order valence-electron chi connectivity index (χ3n) is 3.64. The van der Waals surface area contributed by atoms with Crippen molar-refractivity contribution in [1.82, 2.24) is 0 Å². The molecule has 18 heavy (non-hydrogen) atoms. The van der Waals surface area contributed by atoms with Crippen LogP contribution >= 0.6 is 0 Å². The molecule has 1 aliphatic rings. The Morgan fingerprint density at radius 1 is 1.33 bits per heavy atom. The van der Waals surface area contributed by atoms with Gasteiger partial charge in [0.05, 0.1) is 7.11 Å². The maximum Gasteiger partial charge on any atom is 0.322 e. The number of methoxy groups -OCH3 is 1. The molecule has 4 heteroatoms. The Morgan fingerprint density at radius 2 is 1.94 bits per heavy atom. The number of carbonyl (C=O) groups excluding carboxylic acids is 1. The van der Waals surface area contributed by atoms with Gasteiger partial charge in [0.1, 0.15) is 6.04 Å². The van der Waals surface area contributed by atoms with Crippen LogP contribution in [-0.4, -0.2) is 32.2 Å². The SMILES string of the molecule is COC(=O)C(N)C1CCN(c2ccccc2)CC1. The van der Waals surface area contributed by atoms with Crippen molar-refractivity contribution in [3.05, 3.63) is 30.3 Å². The normalized spacial score (nSPS) is 18.4. The molecule has 0 radical (unpaired) electrons. The van der Waals surface area contributed by atoms with E-state index >= 15 is 0 Å². The second-order valence-electron chi connectivity index (χ2n) is 4.71. The molecular weight excluding hydrogens is 228 g/mol. The van der Waals surface area contributed by atoms with Gasteiger partial charge in [-0.15, -0.1) is 0 Å². The third-order valence-corrected chi connectivity index (χ3v) is 3.64. The van der Waals surface area contributed by atoms with Crippen molar-refractivity contribution in [3.63, 3.8) is 0 Å². The van der Waals surface area contributed by atoms with E-state index in [9.17, 15) is 4.79 Å². The summed E-state index contributed by atoms with van der Waals surface area (Å²) in [6.45, 7) is 1.89. The zero-order valence-electron chi connectivity index (χ0n) is 10.7. The Morgan fingerprint density at radius 3 is 2.50 bits per heavy atom. The Bertz CT molecular complexity index is 386. The van der Waals surface area contributed by atoms with Crippen molar-refractivity contribution in [2.45, 2.75) is 18.9 Å². The van der Waals surface area contributed by atoms with Gasteiger partial charge in [-0.25, -0.2) is 0 Å². The van der Waals surface area contributed by atoms with Gasteiger partial charge in [-0.1, -0.05) is 18.2 Å². The van der Waals surface area contributed by atoms with Crippen LogP contribution in [0.25, 0.3) is 0 Å². The third kappa shape index (κ3) is 2.82. The van der Waals surface area contributed by atoms with E-state index in [2.05, 4.69) is 17.0 Å². The summed E-state index contributed by atoms with van der Waals surface area (Å²) in [4.78, 5) is 13.7. The van der Waals surface area contributed by atoms with Crippen molar-refractivity contribution < 1.29 is 9.53 Å². The second kappa shape index (κ2) is 5.87. The largest absolute Gasteiger partial charge is 0.468 e. The molecule has 2 N–H and O–H groups in total. The first kappa shape index (κ1) is 12.9. The average Bonchev–Trinajstić information content (AvgIpc) is 2.47. The van der Waals surface area contributed by atoms with Crippen molar-refractivity contribution in [2.75, 3.05) is 25.1 Å². The molecule has 0 bridgehead atoms. The number of esters is 1. The summed E-state index contributed by atoms with van der Waals surface area (Å²) in [5, 5.41) is 0. The molecule has 1 fully saturated rings. The summed E-state index contributed by atoms with van der Waals surface area (Å²) in [5.74, 6) is -0.0643. The molecule has 1 aliphatic heterocycles. The maximum atomic E-state index is 11.4. The molecule has 1 unspecified atom stereocenters. The number of piperidine rings is 1. The highest BCUT2D eigenvalue weighted by atomic mass is 16.5. The standard InChI is InChI=1S/C14H20N2O2/c1-18-14(17)13(15)11-7-9-16(10-8-11)12-5-3-2-4-6-12/h2-6,11,13H,7-10,15H2,1H3. The van der Waals surface area contributed by atoms with Crippen LogP contribution in [0.5, 0.6) is 0 Å². The van der Waals surface area contributed by atoms with Crippen LogP contribution in [0.1, 0.15) is 12.8 Å². The number of hydrogen-bond acceptors (Lipinski definition) is 4. The Hall–Kier alpha value is -1.55. The lowest BCUT2D eigenvalue weighted by Crippen LogP contribution is -2.45. The van der Waals surface area contributed by atoms with E-state index in [1.54, 1.807) is 0 Å². The first-order valence-corrected chi connectivity index (χ1v) is 6.36. The molecule has 1 aromatic rings. The molecule has 1 aromatic carbocycles. The molecule has 1 saturated heterocycles. The maximum absolute atomic E-state index is 11.4. The van der Waals surface area contributed by atoms with Gasteiger partial charge in [-0.05, 0) is 30.9 Å². The number of nitrogens with two attached hydrogens (primary N) is 1. The number of benzene rings is 1. The Balaban J connectivity index is 1.90. The van der Waals surface area contributed by atoms with Crippen LogP contribution in [-0.2, 0) is 9.53 Å². The molecule has 0 spiro atoms. The van der Waals surface area contributed by atoms with Gasteiger partial charge in [-0.2, -0.15) is 0 Å². The monoisotopic (exact) mass is 248 g/mol. The number of hydrogen-bond donors (Lipinski definition) is 1. The highest BCUT2D eigenvalue weighted by Gasteiger charge is 2.29. The number of anilines is 1. The number of carbonyl (C=O) groups is 1. The second-order valence-corrected chi connectivity index (χ2v) is 4.71. The summed E-state index contributed by atoms with van der Waals surface area (Å²) in [5.41, 5.74) is 7.13. The minimum absolute atomic E-state index is 0.234. The summed E-state index contributed by atoms with van der Waals surface area (Å²) in [7, 11) is 1.39. The zero-order chi connectivity index (χ0) is 13.0. The van der Waals surface area contributed by atoms with E-state index in [1.807, 2.05) is 18.2 Å². The molecular formula is C14H20N2O2. The Kier molecular flexibility index (Phi) is 4.20. The van der Waals surface area contributed by atoms with Crippen molar-refractivity contribution in [2.24, 2.45) is 11.7 Å². The number of ether oxygens (including phenoxy) is 1. The first-order valence-electron chi connectivity index (χ1n) is 6.36. The van der Waals surface area contributed by atoms with Crippen molar-refractivity contribution in [3.8, 4) is 0 Å². The molecule has 2 rings (SSSR count). The van der Waals surface area contributed by atoms with E-state index in [0.29, 0.717) is 0 Å². The lowest BCUT2D eigenvalue weighted by Gasteiger charge is -2.35. The minimum atomic E-state index is -0.479. The highest BCUT2D eigenvalue weighted by molar-refractivity contribution is 5.75. The smallest absolute Gasteiger partial charge is 0.322 e. The first-order chi connectivity index (χ1) is 8.72. The molecule has 1 heterocycles. The fourth-order valence-corrected chi connectivity index (χ4v) is 2.48. The van der Waals surface area contributed by atoms with E-state index in [0.717, 1.165) is 25.9 Å². The average molecular weight is 248 g/mol. The predicted molar refractivity (Wildman–Crippen MR) is 71.4 cm³/mol. The van der Waals surface area contributed by atoms with Crippen LogP contribution in [0, 0.1) is 5.92 Å². The van der Waals surface area contributed by atoms with Crippen LogP contribution in [0.3, 0.4) is 0 Å². The summed E-state index contributed by atoms with van der Waals surface area (Å²) < 4.78 is 4.70. The van der Waals surface area contributed by atoms with Crippen molar-refractivity contribution in [1.29, 1.82) is 0 Å². The van der Waals surface area contributed by atoms with Gasteiger partial charge in [0.25, 0.3) is 0 Å². The minimum Gasteiger partial charge on any atom is -0.468 e. The number of para-hydroxylation sites is 1. The fraction of sp³-hybridized carbons (Fsp3) is 0.500. The summed E-state index contributed by atoms with van der Waals surface area (Å²) in [6.07, 6.45) is 1.87. The van der Waals surface area contributed by atoms with E-state index in [4.69, 9.17) is 10.5 Å². The summed E-state index contributed by atoms with van der Waals surface area (Å²) >= 11 is 0. The van der Waals surface area contributed by atoms with Gasteiger partial charge in [-0.3, -0.25) is 4.79 Å². The molecule has 1 atom stereocenters. The lowest BCUT2D eigenvalue weighted by atomic mass is 9.89. The van der Waals surface area contributed by atoms with Crippen LogP contribution in [0.2, 0.25) is 0 Å². The van der Waals surface area contributed by atoms with E-state index in [-0.39, 0.29) is 11.9 Å². The van der Waals surface area contributed by atoms with Gasteiger partial charge in [0, 0.05) is 18.8 Å². The quantitative estimate of drug-likeness (QED) is 0.822. The number of rotatable bonds is 3. The van der Waals surface area contributed by atoms with Crippen LogP contribution in [0.15, 0.2) is 30.3 Å². The van der Waals surface area contributed by atoms with Gasteiger partial charge >= 0.3 is 5.97 Å². The molecule has 0 aliphatic carbocycles. The summed E-state index contributed by atoms with van der Waals surface area (Å²) in [6, 6.07) is 9.85. The van der Waals surface area contributed by atoms with E-state index < -0.39 is 6.04 Å². The molecule has 0 aromatic heterocycles. The van der Waals surface area contributed by atoms with Gasteiger partial charge < -0.3 is 15.4 Å². The van der Waals surface area contributed by atoms with Crippen molar-refractivity contribution >= 4 is 11.7 Å². The molecule has 0 saturated carbocycles.